The van der Waals surface area contributed by atoms with E-state index in [-0.39, 0.29) is 17.0 Å². The van der Waals surface area contributed by atoms with E-state index in [4.69, 9.17) is 0 Å². The third kappa shape index (κ3) is 3.83. The summed E-state index contributed by atoms with van der Waals surface area (Å²) in [6, 6.07) is 3.72. The number of hydrogen-bond donors (Lipinski definition) is 1. The van der Waals surface area contributed by atoms with Gasteiger partial charge in [-0.15, -0.1) is 0 Å². The number of carbonyl (C=O) groups excluding carboxylic acids is 1. The molecule has 0 aromatic carbocycles. The summed E-state index contributed by atoms with van der Waals surface area (Å²) >= 11 is 0. The second-order valence-electron chi connectivity index (χ2n) is 7.27. The molecule has 1 aliphatic heterocycles. The summed E-state index contributed by atoms with van der Waals surface area (Å²) in [5.41, 5.74) is -0.0386. The zero-order chi connectivity index (χ0) is 16.4. The van der Waals surface area contributed by atoms with Crippen molar-refractivity contribution < 1.29 is 4.79 Å². The number of amides is 1. The summed E-state index contributed by atoms with van der Waals surface area (Å²) in [5.74, 6) is 1.22. The largest absolute Gasteiger partial charge is 0.337 e. The first-order valence-electron chi connectivity index (χ1n) is 8.77. The average molecular weight is 317 g/mol. The van der Waals surface area contributed by atoms with Crippen LogP contribution in [0.5, 0.6) is 0 Å². The fourth-order valence-electron chi connectivity index (χ4n) is 3.50. The van der Waals surface area contributed by atoms with Gasteiger partial charge in [0.1, 0.15) is 5.56 Å². The topological polar surface area (TPSA) is 56.4 Å². The summed E-state index contributed by atoms with van der Waals surface area (Å²) in [4.78, 5) is 31.7. The predicted molar refractivity (Wildman–Crippen MR) is 90.5 cm³/mol. The highest BCUT2D eigenvalue weighted by atomic mass is 16.2. The maximum atomic E-state index is 12.8. The van der Waals surface area contributed by atoms with Crippen LogP contribution in [-0.4, -0.2) is 52.9 Å². The van der Waals surface area contributed by atoms with Crippen molar-refractivity contribution in [3.63, 3.8) is 0 Å². The van der Waals surface area contributed by atoms with Crippen molar-refractivity contribution in [1.29, 1.82) is 0 Å². The van der Waals surface area contributed by atoms with Gasteiger partial charge < -0.3 is 9.88 Å². The summed E-state index contributed by atoms with van der Waals surface area (Å²) in [7, 11) is 0. The van der Waals surface area contributed by atoms with Gasteiger partial charge >= 0.3 is 0 Å². The Bertz CT molecular complexity index is 606. The van der Waals surface area contributed by atoms with Crippen molar-refractivity contribution >= 4 is 5.91 Å². The highest BCUT2D eigenvalue weighted by molar-refractivity contribution is 5.93. The Morgan fingerprint density at radius 1 is 1.35 bits per heavy atom. The van der Waals surface area contributed by atoms with Gasteiger partial charge in [0, 0.05) is 38.4 Å². The number of H-pyrrole nitrogens is 1. The molecule has 2 fully saturated rings. The first kappa shape index (κ1) is 16.2. The Balaban J connectivity index is 1.76. The van der Waals surface area contributed by atoms with E-state index >= 15 is 0 Å². The van der Waals surface area contributed by atoms with E-state index in [2.05, 4.69) is 23.7 Å². The van der Waals surface area contributed by atoms with Crippen molar-refractivity contribution in [3.05, 3.63) is 34.2 Å². The molecule has 1 aromatic heterocycles. The highest BCUT2D eigenvalue weighted by Gasteiger charge is 2.33. The Kier molecular flexibility index (Phi) is 4.85. The molecule has 0 spiro atoms. The number of aromatic amines is 1. The number of nitrogens with zero attached hydrogens (tertiary/aromatic N) is 2. The molecule has 5 nitrogen and oxygen atoms in total. The lowest BCUT2D eigenvalue weighted by Crippen LogP contribution is -2.47. The lowest BCUT2D eigenvalue weighted by Gasteiger charge is -2.34. The molecular weight excluding hydrogens is 290 g/mol. The number of carbonyl (C=O) groups is 1. The Morgan fingerprint density at radius 3 is 2.78 bits per heavy atom. The van der Waals surface area contributed by atoms with Crippen LogP contribution in [0.4, 0.5) is 0 Å². The molecule has 1 N–H and O–H groups in total. The summed E-state index contributed by atoms with van der Waals surface area (Å²) in [6.45, 7) is 8.13. The standard InChI is InChI=1S/C18H27N3O2/c1-13(2)16-12-21(10-4-9-20(16)11-14-6-7-14)18(23)15-5-3-8-19-17(15)22/h3,5,8,13-14,16H,4,6-7,9-12H2,1-2H3,(H,19,22). The van der Waals surface area contributed by atoms with E-state index in [1.54, 1.807) is 18.3 Å². The maximum absolute atomic E-state index is 12.8. The van der Waals surface area contributed by atoms with Crippen molar-refractivity contribution in [1.82, 2.24) is 14.8 Å². The van der Waals surface area contributed by atoms with Gasteiger partial charge in [0.05, 0.1) is 0 Å². The van der Waals surface area contributed by atoms with Crippen molar-refractivity contribution in [2.24, 2.45) is 11.8 Å². The molecule has 1 atom stereocenters. The van der Waals surface area contributed by atoms with Crippen LogP contribution in [0.3, 0.4) is 0 Å². The van der Waals surface area contributed by atoms with E-state index in [0.717, 1.165) is 38.5 Å². The van der Waals surface area contributed by atoms with Gasteiger partial charge in [-0.25, -0.2) is 0 Å². The third-order valence-corrected chi connectivity index (χ3v) is 5.04. The molecule has 0 radical (unpaired) electrons. The molecule has 5 heteroatoms. The van der Waals surface area contributed by atoms with E-state index in [0.29, 0.717) is 12.0 Å². The average Bonchev–Trinajstić information content (AvgIpc) is 3.34. The summed E-state index contributed by atoms with van der Waals surface area (Å²) < 4.78 is 0. The summed E-state index contributed by atoms with van der Waals surface area (Å²) in [6.07, 6.45) is 5.24. The zero-order valence-corrected chi connectivity index (χ0v) is 14.1. The van der Waals surface area contributed by atoms with Gasteiger partial charge in [-0.1, -0.05) is 13.8 Å². The normalized spacial score (nSPS) is 23.1. The second kappa shape index (κ2) is 6.87. The van der Waals surface area contributed by atoms with Gasteiger partial charge in [-0.05, 0) is 43.2 Å². The van der Waals surface area contributed by atoms with Gasteiger partial charge in [0.2, 0.25) is 0 Å². The smallest absolute Gasteiger partial charge is 0.260 e. The minimum atomic E-state index is -0.294. The molecule has 1 saturated heterocycles. The Hall–Kier alpha value is -1.62. The van der Waals surface area contributed by atoms with Crippen LogP contribution in [0.15, 0.2) is 23.1 Å². The van der Waals surface area contributed by atoms with Crippen molar-refractivity contribution in [2.45, 2.75) is 39.2 Å². The number of pyridine rings is 1. The van der Waals surface area contributed by atoms with Crippen molar-refractivity contribution in [2.75, 3.05) is 26.2 Å². The van der Waals surface area contributed by atoms with E-state index in [1.165, 1.54) is 12.8 Å². The Labute approximate surface area is 137 Å². The van der Waals surface area contributed by atoms with Gasteiger partial charge in [-0.3, -0.25) is 14.5 Å². The fourth-order valence-corrected chi connectivity index (χ4v) is 3.50. The van der Waals surface area contributed by atoms with Gasteiger partial charge in [0.25, 0.3) is 11.5 Å². The molecule has 1 aromatic rings. The van der Waals surface area contributed by atoms with Gasteiger partial charge in [-0.2, -0.15) is 0 Å². The van der Waals surface area contributed by atoms with Crippen LogP contribution in [-0.2, 0) is 0 Å². The molecule has 0 bridgehead atoms. The molecule has 1 unspecified atom stereocenters. The maximum Gasteiger partial charge on any atom is 0.260 e. The van der Waals surface area contributed by atoms with Crippen LogP contribution in [0.25, 0.3) is 0 Å². The first-order valence-corrected chi connectivity index (χ1v) is 8.77. The van der Waals surface area contributed by atoms with Crippen LogP contribution < -0.4 is 5.56 Å². The minimum absolute atomic E-state index is 0.134. The lowest BCUT2D eigenvalue weighted by molar-refractivity contribution is 0.0702. The number of aromatic nitrogens is 1. The van der Waals surface area contributed by atoms with Crippen LogP contribution >= 0.6 is 0 Å². The molecule has 126 valence electrons. The lowest BCUT2D eigenvalue weighted by atomic mass is 10.0. The SMILES string of the molecule is CC(C)C1CN(C(=O)c2ccc[nH]c2=O)CCCN1CC1CC1. The van der Waals surface area contributed by atoms with Crippen LogP contribution in [0, 0.1) is 11.8 Å². The second-order valence-corrected chi connectivity index (χ2v) is 7.27. The van der Waals surface area contributed by atoms with Crippen LogP contribution in [0.2, 0.25) is 0 Å². The molecule has 1 amide bonds. The molecule has 2 heterocycles. The molecule has 23 heavy (non-hydrogen) atoms. The van der Waals surface area contributed by atoms with Gasteiger partial charge in [0.15, 0.2) is 0 Å². The number of hydrogen-bond acceptors (Lipinski definition) is 3. The molecule has 3 rings (SSSR count). The molecule has 1 aliphatic carbocycles. The molecule has 1 saturated carbocycles. The zero-order valence-electron chi connectivity index (χ0n) is 14.1. The van der Waals surface area contributed by atoms with Crippen molar-refractivity contribution in [3.8, 4) is 0 Å². The first-order chi connectivity index (χ1) is 11.1. The highest BCUT2D eigenvalue weighted by Crippen LogP contribution is 2.31. The number of rotatable bonds is 4. The molecule has 2 aliphatic rings. The van der Waals surface area contributed by atoms with E-state index in [1.807, 2.05) is 4.90 Å². The summed E-state index contributed by atoms with van der Waals surface area (Å²) in [5, 5.41) is 0. The molecular formula is C18H27N3O2. The third-order valence-electron chi connectivity index (χ3n) is 5.04. The fraction of sp³-hybridized carbons (Fsp3) is 0.667. The monoisotopic (exact) mass is 317 g/mol. The minimum Gasteiger partial charge on any atom is -0.337 e. The predicted octanol–water partition coefficient (Wildman–Crippen LogP) is 1.96. The number of nitrogens with one attached hydrogen (secondary N) is 1. The van der Waals surface area contributed by atoms with E-state index < -0.39 is 0 Å². The Morgan fingerprint density at radius 2 is 2.13 bits per heavy atom. The van der Waals surface area contributed by atoms with E-state index in [9.17, 15) is 9.59 Å². The quantitative estimate of drug-likeness (QED) is 0.923. The van der Waals surface area contributed by atoms with Crippen LogP contribution in [0.1, 0.15) is 43.5 Å².